The first-order valence-electron chi connectivity index (χ1n) is 5.82. The second-order valence-corrected chi connectivity index (χ2v) is 4.47. The fourth-order valence-electron chi connectivity index (χ4n) is 2.38. The predicted octanol–water partition coefficient (Wildman–Crippen LogP) is 1.54. The molecule has 1 aliphatic carbocycles. The first-order valence-corrected chi connectivity index (χ1v) is 5.82. The molecule has 2 heterocycles. The Balaban J connectivity index is 1.90. The molecule has 0 bridgehead atoms. The van der Waals surface area contributed by atoms with Crippen LogP contribution in [0.4, 0.5) is 0 Å². The Labute approximate surface area is 94.9 Å². The summed E-state index contributed by atoms with van der Waals surface area (Å²) in [6.07, 6.45) is 10.7. The van der Waals surface area contributed by atoms with Gasteiger partial charge in [-0.3, -0.25) is 0 Å². The first kappa shape index (κ1) is 9.63. The van der Waals surface area contributed by atoms with Crippen molar-refractivity contribution in [2.24, 2.45) is 7.05 Å². The second-order valence-electron chi connectivity index (χ2n) is 4.47. The zero-order valence-corrected chi connectivity index (χ0v) is 9.56. The third-order valence-corrected chi connectivity index (χ3v) is 3.36. The van der Waals surface area contributed by atoms with E-state index in [0.29, 0.717) is 0 Å². The van der Waals surface area contributed by atoms with Crippen LogP contribution in [0.5, 0.6) is 0 Å². The van der Waals surface area contributed by atoms with Crippen LogP contribution in [-0.2, 0) is 26.4 Å². The van der Waals surface area contributed by atoms with Crippen molar-refractivity contribution < 1.29 is 0 Å². The van der Waals surface area contributed by atoms with Gasteiger partial charge in [-0.25, -0.2) is 9.97 Å². The highest BCUT2D eigenvalue weighted by molar-refractivity contribution is 5.17. The molecule has 0 saturated carbocycles. The minimum absolute atomic E-state index is 0.888. The third-order valence-electron chi connectivity index (χ3n) is 3.36. The summed E-state index contributed by atoms with van der Waals surface area (Å²) >= 11 is 0. The van der Waals surface area contributed by atoms with E-state index in [2.05, 4.69) is 19.1 Å². The SMILES string of the molecule is Cn1cncc1Cn1cnc2c1CCCC2. The summed E-state index contributed by atoms with van der Waals surface area (Å²) in [6.45, 7) is 0.888. The molecule has 4 heteroatoms. The van der Waals surface area contributed by atoms with E-state index in [-0.39, 0.29) is 0 Å². The molecule has 0 spiro atoms. The van der Waals surface area contributed by atoms with Gasteiger partial charge in [-0.1, -0.05) is 0 Å². The van der Waals surface area contributed by atoms with E-state index in [1.165, 1.54) is 36.3 Å². The number of rotatable bonds is 2. The van der Waals surface area contributed by atoms with E-state index in [4.69, 9.17) is 0 Å². The van der Waals surface area contributed by atoms with Crippen molar-refractivity contribution in [3.8, 4) is 0 Å². The van der Waals surface area contributed by atoms with Crippen molar-refractivity contribution in [2.75, 3.05) is 0 Å². The van der Waals surface area contributed by atoms with Gasteiger partial charge in [-0.05, 0) is 25.7 Å². The van der Waals surface area contributed by atoms with Crippen molar-refractivity contribution in [1.29, 1.82) is 0 Å². The van der Waals surface area contributed by atoms with E-state index in [9.17, 15) is 0 Å². The lowest BCUT2D eigenvalue weighted by atomic mass is 10.0. The van der Waals surface area contributed by atoms with Gasteiger partial charge in [0.2, 0.25) is 0 Å². The molecular formula is C12H16N4. The molecule has 2 aromatic rings. The van der Waals surface area contributed by atoms with E-state index in [1.807, 2.05) is 25.9 Å². The van der Waals surface area contributed by atoms with Crippen LogP contribution in [0, 0.1) is 0 Å². The van der Waals surface area contributed by atoms with Gasteiger partial charge in [0.25, 0.3) is 0 Å². The quantitative estimate of drug-likeness (QED) is 0.763. The summed E-state index contributed by atoms with van der Waals surface area (Å²) < 4.78 is 4.33. The lowest BCUT2D eigenvalue weighted by Crippen LogP contribution is -2.10. The summed E-state index contributed by atoms with van der Waals surface area (Å²) in [5.74, 6) is 0. The van der Waals surface area contributed by atoms with Crippen LogP contribution in [0.25, 0.3) is 0 Å². The highest BCUT2D eigenvalue weighted by Crippen LogP contribution is 2.20. The van der Waals surface area contributed by atoms with Crippen molar-refractivity contribution in [1.82, 2.24) is 19.1 Å². The Morgan fingerprint density at radius 3 is 2.94 bits per heavy atom. The topological polar surface area (TPSA) is 35.6 Å². The number of nitrogens with zero attached hydrogens (tertiary/aromatic N) is 4. The summed E-state index contributed by atoms with van der Waals surface area (Å²) in [5.41, 5.74) is 3.95. The van der Waals surface area contributed by atoms with Crippen LogP contribution >= 0.6 is 0 Å². The molecule has 0 radical (unpaired) electrons. The molecule has 0 aliphatic heterocycles. The maximum absolute atomic E-state index is 4.50. The minimum Gasteiger partial charge on any atom is -0.336 e. The summed E-state index contributed by atoms with van der Waals surface area (Å²) in [5, 5.41) is 0. The standard InChI is InChI=1S/C12H16N4/c1-15-8-13-6-10(15)7-16-9-14-11-4-2-3-5-12(11)16/h6,8-9H,2-5,7H2,1H3. The van der Waals surface area contributed by atoms with Gasteiger partial charge in [0.15, 0.2) is 0 Å². The smallest absolute Gasteiger partial charge is 0.0955 e. The Bertz CT molecular complexity index is 495. The molecule has 0 saturated heterocycles. The molecule has 0 atom stereocenters. The van der Waals surface area contributed by atoms with Crippen LogP contribution in [0.1, 0.15) is 29.9 Å². The molecule has 0 amide bonds. The maximum Gasteiger partial charge on any atom is 0.0955 e. The molecule has 0 unspecified atom stereocenters. The fourth-order valence-corrected chi connectivity index (χ4v) is 2.38. The molecular weight excluding hydrogens is 200 g/mol. The average molecular weight is 216 g/mol. The van der Waals surface area contributed by atoms with Gasteiger partial charge < -0.3 is 9.13 Å². The summed E-state index contributed by atoms with van der Waals surface area (Å²) in [7, 11) is 2.03. The molecule has 0 aromatic carbocycles. The van der Waals surface area contributed by atoms with Gasteiger partial charge in [0.05, 0.1) is 30.6 Å². The molecule has 3 rings (SSSR count). The largest absolute Gasteiger partial charge is 0.336 e. The zero-order chi connectivity index (χ0) is 11.0. The van der Waals surface area contributed by atoms with E-state index < -0.39 is 0 Å². The van der Waals surface area contributed by atoms with Crippen LogP contribution < -0.4 is 0 Å². The fraction of sp³-hybridized carbons (Fsp3) is 0.500. The number of hydrogen-bond acceptors (Lipinski definition) is 2. The van der Waals surface area contributed by atoms with Gasteiger partial charge in [-0.2, -0.15) is 0 Å². The van der Waals surface area contributed by atoms with Crippen molar-refractivity contribution in [2.45, 2.75) is 32.2 Å². The summed E-state index contributed by atoms with van der Waals surface area (Å²) in [6, 6.07) is 0. The van der Waals surface area contributed by atoms with E-state index in [0.717, 1.165) is 13.0 Å². The number of hydrogen-bond donors (Lipinski definition) is 0. The third kappa shape index (κ3) is 1.54. The Kier molecular flexibility index (Phi) is 2.27. The highest BCUT2D eigenvalue weighted by Gasteiger charge is 2.15. The van der Waals surface area contributed by atoms with E-state index in [1.54, 1.807) is 0 Å². The van der Waals surface area contributed by atoms with Crippen LogP contribution in [0.2, 0.25) is 0 Å². The van der Waals surface area contributed by atoms with Crippen LogP contribution in [0.3, 0.4) is 0 Å². The van der Waals surface area contributed by atoms with Crippen molar-refractivity contribution >= 4 is 0 Å². The zero-order valence-electron chi connectivity index (χ0n) is 9.56. The minimum atomic E-state index is 0.888. The molecule has 0 fully saturated rings. The molecule has 84 valence electrons. The molecule has 1 aliphatic rings. The predicted molar refractivity (Wildman–Crippen MR) is 61.2 cm³/mol. The number of aromatic nitrogens is 4. The van der Waals surface area contributed by atoms with Crippen LogP contribution in [0.15, 0.2) is 18.9 Å². The molecule has 16 heavy (non-hydrogen) atoms. The van der Waals surface area contributed by atoms with Gasteiger partial charge >= 0.3 is 0 Å². The lowest BCUT2D eigenvalue weighted by Gasteiger charge is -2.13. The number of fused-ring (bicyclic) bond motifs is 1. The Hall–Kier alpha value is -1.58. The lowest BCUT2D eigenvalue weighted by molar-refractivity contribution is 0.618. The van der Waals surface area contributed by atoms with Crippen LogP contribution in [-0.4, -0.2) is 19.1 Å². The molecule has 0 N–H and O–H groups in total. The Morgan fingerprint density at radius 1 is 1.25 bits per heavy atom. The summed E-state index contributed by atoms with van der Waals surface area (Å²) in [4.78, 5) is 8.64. The second kappa shape index (κ2) is 3.77. The maximum atomic E-state index is 4.50. The Morgan fingerprint density at radius 2 is 2.12 bits per heavy atom. The van der Waals surface area contributed by atoms with E-state index >= 15 is 0 Å². The first-order chi connectivity index (χ1) is 7.84. The molecule has 4 nitrogen and oxygen atoms in total. The normalized spacial score (nSPS) is 15.1. The molecule has 2 aromatic heterocycles. The van der Waals surface area contributed by atoms with Crippen molar-refractivity contribution in [3.63, 3.8) is 0 Å². The highest BCUT2D eigenvalue weighted by atomic mass is 15.1. The number of aryl methyl sites for hydroxylation is 2. The van der Waals surface area contributed by atoms with Crippen molar-refractivity contribution in [3.05, 3.63) is 35.9 Å². The van der Waals surface area contributed by atoms with Gasteiger partial charge in [0, 0.05) is 18.9 Å². The number of imidazole rings is 2. The average Bonchev–Trinajstić information content (AvgIpc) is 2.88. The monoisotopic (exact) mass is 216 g/mol. The van der Waals surface area contributed by atoms with Gasteiger partial charge in [0.1, 0.15) is 0 Å². The van der Waals surface area contributed by atoms with Gasteiger partial charge in [-0.15, -0.1) is 0 Å².